The van der Waals surface area contributed by atoms with Crippen LogP contribution in [-0.2, 0) is 28.6 Å². The maximum atomic E-state index is 12.9. The largest absolute Gasteiger partial charge is 0.462 e. The Kier molecular flexibility index (Phi) is 63.3. The molecular weight excluding hydrogens is 985 g/mol. The van der Waals surface area contributed by atoms with Crippen molar-refractivity contribution in [1.29, 1.82) is 0 Å². The van der Waals surface area contributed by atoms with Gasteiger partial charge in [0, 0.05) is 19.3 Å². The highest BCUT2D eigenvalue weighted by Gasteiger charge is 2.19. The fourth-order valence-corrected chi connectivity index (χ4v) is 8.89. The molecule has 80 heavy (non-hydrogen) atoms. The molecule has 0 aromatic rings. The van der Waals surface area contributed by atoms with Crippen molar-refractivity contribution in [2.45, 2.75) is 303 Å². The summed E-state index contributed by atoms with van der Waals surface area (Å²) < 4.78 is 16.9. The van der Waals surface area contributed by atoms with Crippen molar-refractivity contribution >= 4 is 17.9 Å². The zero-order chi connectivity index (χ0) is 57.8. The van der Waals surface area contributed by atoms with Gasteiger partial charge < -0.3 is 14.2 Å². The molecule has 0 saturated heterocycles. The van der Waals surface area contributed by atoms with Crippen molar-refractivity contribution in [2.75, 3.05) is 13.2 Å². The number of carbonyl (C=O) groups excluding carboxylic acids is 3. The minimum absolute atomic E-state index is 0.0963. The van der Waals surface area contributed by atoms with Crippen molar-refractivity contribution in [3.8, 4) is 0 Å². The van der Waals surface area contributed by atoms with Gasteiger partial charge in [0.2, 0.25) is 0 Å². The summed E-state index contributed by atoms with van der Waals surface area (Å²) in [5, 5.41) is 0. The highest BCUT2D eigenvalue weighted by molar-refractivity contribution is 5.71. The Bertz CT molecular complexity index is 1700. The van der Waals surface area contributed by atoms with Crippen LogP contribution in [0.4, 0.5) is 0 Å². The van der Waals surface area contributed by atoms with E-state index in [9.17, 15) is 14.4 Å². The third-order valence-corrected chi connectivity index (χ3v) is 13.9. The summed E-state index contributed by atoms with van der Waals surface area (Å²) in [5.41, 5.74) is 0. The minimum atomic E-state index is -0.801. The molecule has 1 atom stereocenters. The third-order valence-electron chi connectivity index (χ3n) is 13.9. The van der Waals surface area contributed by atoms with Gasteiger partial charge in [-0.05, 0) is 141 Å². The minimum Gasteiger partial charge on any atom is -0.462 e. The summed E-state index contributed by atoms with van der Waals surface area (Å²) in [6, 6.07) is 0. The van der Waals surface area contributed by atoms with Crippen molar-refractivity contribution in [1.82, 2.24) is 0 Å². The van der Waals surface area contributed by atoms with E-state index in [4.69, 9.17) is 14.2 Å². The molecule has 0 N–H and O–H groups in total. The molecule has 0 heterocycles. The molecule has 0 spiro atoms. The average Bonchev–Trinajstić information content (AvgIpc) is 3.46. The van der Waals surface area contributed by atoms with Crippen LogP contribution in [0.15, 0.2) is 134 Å². The summed E-state index contributed by atoms with van der Waals surface area (Å²) in [5.74, 6) is -0.928. The maximum absolute atomic E-state index is 12.9. The number of allylic oxidation sites excluding steroid dienone is 22. The Morgan fingerprint density at radius 2 is 0.487 bits per heavy atom. The topological polar surface area (TPSA) is 78.9 Å². The van der Waals surface area contributed by atoms with E-state index in [1.807, 2.05) is 0 Å². The molecule has 0 bridgehead atoms. The molecule has 1 unspecified atom stereocenters. The highest BCUT2D eigenvalue weighted by Crippen LogP contribution is 2.15. The maximum Gasteiger partial charge on any atom is 0.306 e. The Morgan fingerprint density at radius 1 is 0.263 bits per heavy atom. The molecule has 0 aliphatic carbocycles. The van der Waals surface area contributed by atoms with Gasteiger partial charge in [0.1, 0.15) is 13.2 Å². The molecular formula is C74H122O6. The third kappa shape index (κ3) is 64.4. The summed E-state index contributed by atoms with van der Waals surface area (Å²) in [6.07, 6.45) is 94.5. The fourth-order valence-electron chi connectivity index (χ4n) is 8.89. The van der Waals surface area contributed by atoms with Crippen LogP contribution in [0.1, 0.15) is 297 Å². The first-order valence-electron chi connectivity index (χ1n) is 33.2. The van der Waals surface area contributed by atoms with E-state index >= 15 is 0 Å². The van der Waals surface area contributed by atoms with Crippen LogP contribution in [0.25, 0.3) is 0 Å². The molecule has 0 fully saturated rings. The van der Waals surface area contributed by atoms with Crippen LogP contribution in [0.3, 0.4) is 0 Å². The SMILES string of the molecule is CC/C=C\C/C=C\C/C=C\C/C=C\C/C=C\C/C=C\C/C=C\CCCCCCCC(=O)OCC(COC(=O)CCCCCCC/C=C\C/C=C\CCCCCC)OC(=O)CCCCCCCCCCC/C=C\C/C=C\CCCCC. The van der Waals surface area contributed by atoms with Gasteiger partial charge in [-0.2, -0.15) is 0 Å². The van der Waals surface area contributed by atoms with E-state index in [2.05, 4.69) is 154 Å². The van der Waals surface area contributed by atoms with E-state index in [0.717, 1.165) is 154 Å². The second kappa shape index (κ2) is 67.1. The zero-order valence-corrected chi connectivity index (χ0v) is 52.0. The van der Waals surface area contributed by atoms with Crippen molar-refractivity contribution < 1.29 is 28.6 Å². The fraction of sp³-hybridized carbons (Fsp3) is 0.662. The lowest BCUT2D eigenvalue weighted by atomic mass is 10.1. The lowest BCUT2D eigenvalue weighted by molar-refractivity contribution is -0.167. The number of hydrogen-bond donors (Lipinski definition) is 0. The molecule has 6 heteroatoms. The molecule has 0 aromatic carbocycles. The summed E-state index contributed by atoms with van der Waals surface area (Å²) in [4.78, 5) is 38.4. The van der Waals surface area contributed by atoms with Crippen LogP contribution < -0.4 is 0 Å². The Balaban J connectivity index is 4.44. The molecule has 0 radical (unpaired) electrons. The van der Waals surface area contributed by atoms with E-state index in [1.165, 1.54) is 103 Å². The van der Waals surface area contributed by atoms with Crippen LogP contribution in [0.5, 0.6) is 0 Å². The standard InChI is InChI=1S/C74H122O6/c1-4-7-10-13-16-19-22-25-28-31-33-34-35-36-37-38-39-40-42-43-46-49-52-55-58-61-64-67-73(76)79-70-71(69-78-72(75)66-63-60-57-54-51-48-45-30-27-24-21-18-15-12-9-6-3)80-74(77)68-65-62-59-56-53-50-47-44-41-32-29-26-23-20-17-14-11-8-5-2/h7,10,16-17,19-21,24-26,28-30,33-34,36-37,39-40,43,45-46,71H,4-6,8-9,11-15,18,22-23,27,31-32,35,38,41-42,44,47-70H2,1-3H3/b10-7-,19-16-,20-17-,24-21-,28-25-,29-26-,34-33-,37-36-,40-39-,45-30-,46-43-. The molecule has 0 aliphatic heterocycles. The number of unbranched alkanes of at least 4 members (excludes halogenated alkanes) is 26. The van der Waals surface area contributed by atoms with Gasteiger partial charge in [0.05, 0.1) is 0 Å². The molecule has 0 aromatic heterocycles. The molecule has 0 rings (SSSR count). The van der Waals surface area contributed by atoms with Gasteiger partial charge in [0.15, 0.2) is 6.10 Å². The van der Waals surface area contributed by atoms with Crippen LogP contribution >= 0.6 is 0 Å². The predicted molar refractivity (Wildman–Crippen MR) is 348 cm³/mol. The number of hydrogen-bond acceptors (Lipinski definition) is 6. The molecule has 6 nitrogen and oxygen atoms in total. The van der Waals surface area contributed by atoms with Crippen molar-refractivity contribution in [2.24, 2.45) is 0 Å². The Labute approximate surface area is 494 Å². The molecule has 0 saturated carbocycles. The predicted octanol–water partition coefficient (Wildman–Crippen LogP) is 22.9. The monoisotopic (exact) mass is 1110 g/mol. The lowest BCUT2D eigenvalue weighted by Gasteiger charge is -2.18. The lowest BCUT2D eigenvalue weighted by Crippen LogP contribution is -2.30. The van der Waals surface area contributed by atoms with E-state index < -0.39 is 6.10 Å². The van der Waals surface area contributed by atoms with Gasteiger partial charge in [-0.1, -0.05) is 270 Å². The van der Waals surface area contributed by atoms with Crippen LogP contribution in [-0.4, -0.2) is 37.2 Å². The Morgan fingerprint density at radius 3 is 0.787 bits per heavy atom. The summed E-state index contributed by atoms with van der Waals surface area (Å²) in [7, 11) is 0. The number of ether oxygens (including phenoxy) is 3. The van der Waals surface area contributed by atoms with Crippen molar-refractivity contribution in [3.05, 3.63) is 134 Å². The van der Waals surface area contributed by atoms with Gasteiger partial charge in [0.25, 0.3) is 0 Å². The number of carbonyl (C=O) groups is 3. The highest BCUT2D eigenvalue weighted by atomic mass is 16.6. The van der Waals surface area contributed by atoms with Gasteiger partial charge >= 0.3 is 17.9 Å². The van der Waals surface area contributed by atoms with Gasteiger partial charge in [-0.3, -0.25) is 14.4 Å². The second-order valence-corrected chi connectivity index (χ2v) is 21.6. The van der Waals surface area contributed by atoms with E-state index in [0.29, 0.717) is 19.3 Å². The molecule has 454 valence electrons. The van der Waals surface area contributed by atoms with E-state index in [1.54, 1.807) is 0 Å². The number of rotatable bonds is 59. The summed E-state index contributed by atoms with van der Waals surface area (Å²) in [6.45, 7) is 6.47. The average molecular weight is 1110 g/mol. The molecule has 0 amide bonds. The molecule has 0 aliphatic rings. The van der Waals surface area contributed by atoms with Gasteiger partial charge in [-0.25, -0.2) is 0 Å². The Hall–Kier alpha value is -4.45. The van der Waals surface area contributed by atoms with E-state index in [-0.39, 0.29) is 31.1 Å². The number of esters is 3. The first-order chi connectivity index (χ1) is 39.5. The van der Waals surface area contributed by atoms with Crippen molar-refractivity contribution in [3.63, 3.8) is 0 Å². The van der Waals surface area contributed by atoms with Gasteiger partial charge in [-0.15, -0.1) is 0 Å². The first kappa shape index (κ1) is 75.5. The summed E-state index contributed by atoms with van der Waals surface area (Å²) >= 11 is 0. The van der Waals surface area contributed by atoms with Crippen LogP contribution in [0.2, 0.25) is 0 Å². The second-order valence-electron chi connectivity index (χ2n) is 21.6. The first-order valence-corrected chi connectivity index (χ1v) is 33.2. The quantitative estimate of drug-likeness (QED) is 0.0261. The van der Waals surface area contributed by atoms with Crippen LogP contribution in [0, 0.1) is 0 Å². The smallest absolute Gasteiger partial charge is 0.306 e. The zero-order valence-electron chi connectivity index (χ0n) is 52.0. The normalized spacial score (nSPS) is 13.0.